The first-order valence-electron chi connectivity index (χ1n) is 6.62. The van der Waals surface area contributed by atoms with E-state index in [0.29, 0.717) is 23.6 Å². The molecular weight excluding hydrogens is 268 g/mol. The molecule has 6 heteroatoms. The highest BCUT2D eigenvalue weighted by atomic mass is 16.3. The summed E-state index contributed by atoms with van der Waals surface area (Å²) < 4.78 is 7.70. The summed E-state index contributed by atoms with van der Waals surface area (Å²) in [6.07, 6.45) is 0. The lowest BCUT2D eigenvalue weighted by Gasteiger charge is -2.03. The molecule has 0 bridgehead atoms. The summed E-state index contributed by atoms with van der Waals surface area (Å²) in [5.74, 6) is 6.95. The third kappa shape index (κ3) is 2.30. The molecule has 2 aromatic heterocycles. The van der Waals surface area contributed by atoms with Gasteiger partial charge in [0.05, 0.1) is 23.1 Å². The van der Waals surface area contributed by atoms with Crippen molar-refractivity contribution in [2.45, 2.75) is 20.4 Å². The molecule has 0 radical (unpaired) electrons. The number of imidazole rings is 1. The largest absolute Gasteiger partial charge is 0.464 e. The summed E-state index contributed by atoms with van der Waals surface area (Å²) in [5, 5.41) is 0. The fourth-order valence-corrected chi connectivity index (χ4v) is 2.48. The molecule has 0 aliphatic rings. The standard InChI is InChI=1S/C15H16N4O2/c1-9-12(15(20)18-16)7-11(21-9)8-19-10(2)17-13-5-3-4-6-14(13)19/h3-7H,8,16H2,1-2H3,(H,18,20). The van der Waals surface area contributed by atoms with Gasteiger partial charge in [0.25, 0.3) is 5.91 Å². The number of hydrogen-bond donors (Lipinski definition) is 2. The molecule has 21 heavy (non-hydrogen) atoms. The molecule has 108 valence electrons. The van der Waals surface area contributed by atoms with Crippen LogP contribution in [0.15, 0.2) is 34.7 Å². The summed E-state index contributed by atoms with van der Waals surface area (Å²) in [7, 11) is 0. The molecule has 3 aromatic rings. The van der Waals surface area contributed by atoms with E-state index >= 15 is 0 Å². The Bertz CT molecular complexity index is 816. The summed E-state index contributed by atoms with van der Waals surface area (Å²) in [5.41, 5.74) is 4.55. The number of aromatic nitrogens is 2. The zero-order chi connectivity index (χ0) is 15.0. The molecule has 0 spiro atoms. The van der Waals surface area contributed by atoms with Gasteiger partial charge in [0.1, 0.15) is 17.3 Å². The van der Waals surface area contributed by atoms with E-state index < -0.39 is 0 Å². The van der Waals surface area contributed by atoms with E-state index in [2.05, 4.69) is 15.0 Å². The van der Waals surface area contributed by atoms with Crippen LogP contribution in [-0.4, -0.2) is 15.5 Å². The molecule has 3 rings (SSSR count). The first kappa shape index (κ1) is 13.4. The Kier molecular flexibility index (Phi) is 3.23. The molecule has 2 heterocycles. The molecule has 3 N–H and O–H groups in total. The Labute approximate surface area is 121 Å². The smallest absolute Gasteiger partial charge is 0.268 e. The van der Waals surface area contributed by atoms with Crippen molar-refractivity contribution in [3.8, 4) is 0 Å². The Morgan fingerprint density at radius 3 is 2.90 bits per heavy atom. The predicted molar refractivity (Wildman–Crippen MR) is 78.7 cm³/mol. The monoisotopic (exact) mass is 284 g/mol. The molecule has 0 aliphatic heterocycles. The van der Waals surface area contributed by atoms with Crippen LogP contribution in [-0.2, 0) is 6.54 Å². The topological polar surface area (TPSA) is 86.1 Å². The molecule has 6 nitrogen and oxygen atoms in total. The molecule has 0 aliphatic carbocycles. The van der Waals surface area contributed by atoms with Gasteiger partial charge in [-0.15, -0.1) is 0 Å². The maximum atomic E-state index is 11.6. The van der Waals surface area contributed by atoms with Crippen LogP contribution in [0, 0.1) is 13.8 Å². The van der Waals surface area contributed by atoms with Gasteiger partial charge in [-0.05, 0) is 32.0 Å². The van der Waals surface area contributed by atoms with Crippen LogP contribution in [0.4, 0.5) is 0 Å². The number of hydrogen-bond acceptors (Lipinski definition) is 4. The highest BCUT2D eigenvalue weighted by molar-refractivity contribution is 5.94. The lowest BCUT2D eigenvalue weighted by atomic mass is 10.2. The Balaban J connectivity index is 1.99. The third-order valence-electron chi connectivity index (χ3n) is 3.50. The second kappa shape index (κ2) is 5.06. The van der Waals surface area contributed by atoms with Gasteiger partial charge in [0, 0.05) is 0 Å². The maximum Gasteiger partial charge on any atom is 0.268 e. The normalized spacial score (nSPS) is 11.0. The van der Waals surface area contributed by atoms with Crippen molar-refractivity contribution in [2.75, 3.05) is 0 Å². The number of benzene rings is 1. The third-order valence-corrected chi connectivity index (χ3v) is 3.50. The Hall–Kier alpha value is -2.60. The highest BCUT2D eigenvalue weighted by Gasteiger charge is 2.15. The number of nitrogen functional groups attached to an aromatic ring is 1. The first-order chi connectivity index (χ1) is 10.1. The molecule has 1 amide bonds. The van der Waals surface area contributed by atoms with Gasteiger partial charge in [0.15, 0.2) is 0 Å². The number of nitrogens with two attached hydrogens (primary N) is 1. The average molecular weight is 284 g/mol. The maximum absolute atomic E-state index is 11.6. The molecule has 0 fully saturated rings. The number of rotatable bonds is 3. The van der Waals surface area contributed by atoms with E-state index in [0.717, 1.165) is 16.9 Å². The molecule has 0 atom stereocenters. The number of aryl methyl sites for hydroxylation is 2. The number of nitrogens with one attached hydrogen (secondary N) is 1. The van der Waals surface area contributed by atoms with Gasteiger partial charge in [-0.1, -0.05) is 12.1 Å². The number of hydrazine groups is 1. The number of nitrogens with zero attached hydrogens (tertiary/aromatic N) is 2. The van der Waals surface area contributed by atoms with Crippen molar-refractivity contribution >= 4 is 16.9 Å². The van der Waals surface area contributed by atoms with Crippen molar-refractivity contribution in [1.82, 2.24) is 15.0 Å². The zero-order valence-electron chi connectivity index (χ0n) is 11.9. The van der Waals surface area contributed by atoms with E-state index in [9.17, 15) is 4.79 Å². The van der Waals surface area contributed by atoms with E-state index in [1.165, 1.54) is 0 Å². The Morgan fingerprint density at radius 2 is 2.14 bits per heavy atom. The van der Waals surface area contributed by atoms with Crippen molar-refractivity contribution in [3.05, 3.63) is 53.2 Å². The molecule has 0 unspecified atom stereocenters. The van der Waals surface area contributed by atoms with Gasteiger partial charge in [-0.3, -0.25) is 10.2 Å². The van der Waals surface area contributed by atoms with Gasteiger partial charge in [-0.25, -0.2) is 10.8 Å². The van der Waals surface area contributed by atoms with Crippen molar-refractivity contribution in [2.24, 2.45) is 5.84 Å². The number of furan rings is 1. The average Bonchev–Trinajstić information content (AvgIpc) is 2.99. The van der Waals surface area contributed by atoms with Crippen LogP contribution >= 0.6 is 0 Å². The summed E-state index contributed by atoms with van der Waals surface area (Å²) in [6, 6.07) is 9.63. The minimum absolute atomic E-state index is 0.352. The molecule has 0 saturated heterocycles. The summed E-state index contributed by atoms with van der Waals surface area (Å²) in [4.78, 5) is 16.1. The fraction of sp³-hybridized carbons (Fsp3) is 0.200. The minimum Gasteiger partial charge on any atom is -0.464 e. The second-order valence-electron chi connectivity index (χ2n) is 4.89. The number of carbonyl (C=O) groups excluding carboxylic acids is 1. The molecular formula is C15H16N4O2. The van der Waals surface area contributed by atoms with Crippen LogP contribution in [0.3, 0.4) is 0 Å². The van der Waals surface area contributed by atoms with Crippen LogP contribution in [0.5, 0.6) is 0 Å². The van der Waals surface area contributed by atoms with E-state index in [1.807, 2.05) is 31.2 Å². The number of carbonyl (C=O) groups is 1. The van der Waals surface area contributed by atoms with Crippen molar-refractivity contribution in [1.29, 1.82) is 0 Å². The van der Waals surface area contributed by atoms with Crippen LogP contribution in [0.25, 0.3) is 11.0 Å². The SMILES string of the molecule is Cc1oc(Cn2c(C)nc3ccccc32)cc1C(=O)NN. The lowest BCUT2D eigenvalue weighted by Crippen LogP contribution is -2.30. The summed E-state index contributed by atoms with van der Waals surface area (Å²) >= 11 is 0. The minimum atomic E-state index is -0.352. The van der Waals surface area contributed by atoms with Crippen molar-refractivity contribution < 1.29 is 9.21 Å². The number of amides is 1. The highest BCUT2D eigenvalue weighted by Crippen LogP contribution is 2.20. The molecule has 1 aromatic carbocycles. The molecule has 0 saturated carbocycles. The fourth-order valence-electron chi connectivity index (χ4n) is 2.48. The summed E-state index contributed by atoms with van der Waals surface area (Å²) in [6.45, 7) is 4.21. The van der Waals surface area contributed by atoms with Gasteiger partial charge in [-0.2, -0.15) is 0 Å². The zero-order valence-corrected chi connectivity index (χ0v) is 11.9. The van der Waals surface area contributed by atoms with Gasteiger partial charge in [0.2, 0.25) is 0 Å². The number of para-hydroxylation sites is 2. The lowest BCUT2D eigenvalue weighted by molar-refractivity contribution is 0.0952. The predicted octanol–water partition coefficient (Wildman–Crippen LogP) is 1.90. The van der Waals surface area contributed by atoms with Crippen LogP contribution in [0.1, 0.15) is 27.7 Å². The van der Waals surface area contributed by atoms with Crippen molar-refractivity contribution in [3.63, 3.8) is 0 Å². The van der Waals surface area contributed by atoms with E-state index in [1.54, 1.807) is 13.0 Å². The van der Waals surface area contributed by atoms with Gasteiger partial charge < -0.3 is 8.98 Å². The second-order valence-corrected chi connectivity index (χ2v) is 4.89. The quantitative estimate of drug-likeness (QED) is 0.437. The van der Waals surface area contributed by atoms with E-state index in [4.69, 9.17) is 10.3 Å². The van der Waals surface area contributed by atoms with E-state index in [-0.39, 0.29) is 5.91 Å². The van der Waals surface area contributed by atoms with Crippen LogP contribution < -0.4 is 11.3 Å². The van der Waals surface area contributed by atoms with Crippen LogP contribution in [0.2, 0.25) is 0 Å². The number of fused-ring (bicyclic) bond motifs is 1. The van der Waals surface area contributed by atoms with Gasteiger partial charge >= 0.3 is 0 Å². The Morgan fingerprint density at radius 1 is 1.38 bits per heavy atom. The first-order valence-corrected chi connectivity index (χ1v) is 6.62.